The molecule has 7 N–H and O–H groups in total. The molecule has 0 aromatic carbocycles. The van der Waals surface area contributed by atoms with E-state index in [-0.39, 0.29) is 26.0 Å². The number of ether oxygens (including phenoxy) is 7. The molecule has 14 atom stereocenters. The summed E-state index contributed by atoms with van der Waals surface area (Å²) in [6, 6.07) is 0. The Kier molecular flexibility index (Phi) is 13.3. The molecule has 19 heteroatoms. The quantitative estimate of drug-likeness (QED) is 0.0358. The van der Waals surface area contributed by atoms with E-state index in [2.05, 4.69) is 10.0 Å². The van der Waals surface area contributed by atoms with Gasteiger partial charge in [-0.05, 0) is 18.4 Å². The van der Waals surface area contributed by atoms with Gasteiger partial charge in [0.2, 0.25) is 0 Å². The van der Waals surface area contributed by atoms with Crippen LogP contribution in [0.3, 0.4) is 0 Å². The lowest BCUT2D eigenvalue weighted by molar-refractivity contribution is -0.326. The van der Waals surface area contributed by atoms with Gasteiger partial charge in [-0.2, -0.15) is 0 Å². The number of esters is 2. The summed E-state index contributed by atoms with van der Waals surface area (Å²) in [7, 11) is 2.25. The molecule has 1 saturated carbocycles. The Balaban J connectivity index is 1.81. The van der Waals surface area contributed by atoms with Crippen molar-refractivity contribution >= 4 is 11.9 Å². The van der Waals surface area contributed by atoms with Crippen molar-refractivity contribution in [2.24, 2.45) is 17.0 Å². The second-order valence-corrected chi connectivity index (χ2v) is 10.3. The number of rotatable bonds is 12. The SMILES string of the molecule is COC(=O)C1C[C@H](OCC2O[C@H](OCCN=[N+]=[N-])C(O)[C@@H](O)[C@@H]2O)C(O[C@H]2OC(CO)[C@@H](O)[C@H](O)C2O)C[C@@H]1C(=O)OC. The van der Waals surface area contributed by atoms with E-state index in [9.17, 15) is 45.3 Å². The molecule has 3 rings (SSSR count). The van der Waals surface area contributed by atoms with E-state index >= 15 is 0 Å². The van der Waals surface area contributed by atoms with Crippen LogP contribution in [0.1, 0.15) is 12.8 Å². The van der Waals surface area contributed by atoms with Gasteiger partial charge in [-0.25, -0.2) is 0 Å². The third kappa shape index (κ3) is 8.28. The van der Waals surface area contributed by atoms with Crippen LogP contribution in [0.4, 0.5) is 0 Å². The monoisotopic (exact) mass is 625 g/mol. The summed E-state index contributed by atoms with van der Waals surface area (Å²) in [4.78, 5) is 27.8. The molecule has 0 aromatic heterocycles. The number of azide groups is 1. The molecule has 3 fully saturated rings. The van der Waals surface area contributed by atoms with Crippen LogP contribution in [-0.4, -0.2) is 162 Å². The van der Waals surface area contributed by atoms with Crippen LogP contribution in [0.15, 0.2) is 5.11 Å². The number of nitrogens with zero attached hydrogens (tertiary/aromatic N) is 3. The first-order chi connectivity index (χ1) is 20.5. The van der Waals surface area contributed by atoms with E-state index in [1.54, 1.807) is 0 Å². The second kappa shape index (κ2) is 16.2. The summed E-state index contributed by atoms with van der Waals surface area (Å²) < 4.78 is 37.9. The average molecular weight is 626 g/mol. The number of aliphatic hydroxyl groups excluding tert-OH is 7. The van der Waals surface area contributed by atoms with E-state index in [1.807, 2.05) is 0 Å². The zero-order valence-electron chi connectivity index (χ0n) is 23.5. The van der Waals surface area contributed by atoms with E-state index in [0.717, 1.165) is 14.2 Å². The number of hydrogen-bond donors (Lipinski definition) is 7. The predicted molar refractivity (Wildman–Crippen MR) is 135 cm³/mol. The maximum absolute atomic E-state index is 12.6. The van der Waals surface area contributed by atoms with Crippen molar-refractivity contribution in [2.75, 3.05) is 40.6 Å². The molecular weight excluding hydrogens is 586 g/mol. The Morgan fingerprint density at radius 3 is 1.88 bits per heavy atom. The van der Waals surface area contributed by atoms with Gasteiger partial charge in [0.25, 0.3) is 0 Å². The highest BCUT2D eigenvalue weighted by Crippen LogP contribution is 2.38. The molecule has 2 heterocycles. The first-order valence-corrected chi connectivity index (χ1v) is 13.5. The Hall–Kier alpha value is -2.23. The topological polar surface area (TPSA) is 289 Å². The first-order valence-electron chi connectivity index (χ1n) is 13.5. The fourth-order valence-electron chi connectivity index (χ4n) is 5.29. The molecule has 0 spiro atoms. The molecule has 0 bridgehead atoms. The summed E-state index contributed by atoms with van der Waals surface area (Å²) in [5.74, 6) is -3.68. The number of hydrogen-bond acceptors (Lipinski definition) is 17. The molecule has 1 aliphatic carbocycles. The van der Waals surface area contributed by atoms with E-state index in [1.165, 1.54) is 0 Å². The third-order valence-corrected chi connectivity index (χ3v) is 7.72. The second-order valence-electron chi connectivity index (χ2n) is 10.3. The van der Waals surface area contributed by atoms with Gasteiger partial charge in [-0.3, -0.25) is 9.59 Å². The molecule has 2 saturated heterocycles. The van der Waals surface area contributed by atoms with Crippen molar-refractivity contribution in [1.82, 2.24) is 0 Å². The van der Waals surface area contributed by atoms with Crippen LogP contribution >= 0.6 is 0 Å². The maximum Gasteiger partial charge on any atom is 0.309 e. The van der Waals surface area contributed by atoms with Crippen LogP contribution in [0.25, 0.3) is 10.4 Å². The fourth-order valence-corrected chi connectivity index (χ4v) is 5.29. The van der Waals surface area contributed by atoms with Crippen molar-refractivity contribution in [3.63, 3.8) is 0 Å². The highest BCUT2D eigenvalue weighted by Gasteiger charge is 2.51. The zero-order valence-corrected chi connectivity index (χ0v) is 23.5. The van der Waals surface area contributed by atoms with E-state index in [0.29, 0.717) is 0 Å². The molecule has 0 amide bonds. The van der Waals surface area contributed by atoms with Crippen LogP contribution < -0.4 is 0 Å². The molecule has 3 aliphatic rings. The zero-order chi connectivity index (χ0) is 31.8. The first kappa shape index (κ1) is 35.3. The van der Waals surface area contributed by atoms with Crippen LogP contribution in [-0.2, 0) is 42.7 Å². The summed E-state index contributed by atoms with van der Waals surface area (Å²) in [5, 5.41) is 74.7. The van der Waals surface area contributed by atoms with E-state index < -0.39 is 111 Å². The number of carbonyl (C=O) groups is 2. The van der Waals surface area contributed by atoms with Gasteiger partial charge in [0.1, 0.15) is 48.8 Å². The van der Waals surface area contributed by atoms with Crippen LogP contribution in [0.5, 0.6) is 0 Å². The largest absolute Gasteiger partial charge is 0.469 e. The van der Waals surface area contributed by atoms with Gasteiger partial charge in [-0.1, -0.05) is 5.11 Å². The van der Waals surface area contributed by atoms with Gasteiger partial charge in [0.15, 0.2) is 12.6 Å². The minimum Gasteiger partial charge on any atom is -0.469 e. The third-order valence-electron chi connectivity index (χ3n) is 7.72. The van der Waals surface area contributed by atoms with Crippen LogP contribution in [0.2, 0.25) is 0 Å². The highest BCUT2D eigenvalue weighted by atomic mass is 16.7. The minimum absolute atomic E-state index is 0.0990. The van der Waals surface area contributed by atoms with Gasteiger partial charge >= 0.3 is 11.9 Å². The van der Waals surface area contributed by atoms with Gasteiger partial charge in [0.05, 0.1) is 58.1 Å². The standard InChI is InChI=1S/C24H39N3O16/c1-37-21(35)9-5-11(40-8-14-16(30)18(32)19(33)23(43-14)39-4-3-26-27-25)12(6-10(9)22(36)38-2)41-24-20(34)17(31)15(29)13(7-28)42-24/h9-20,23-24,28-34H,3-8H2,1-2H3/t9?,10-,11-,12?,13?,14?,15+,16+,17-,18-,19?,20?,23-,24-/m0/s1. The predicted octanol–water partition coefficient (Wildman–Crippen LogP) is -3.94. The van der Waals surface area contributed by atoms with Gasteiger partial charge in [0, 0.05) is 11.5 Å². The summed E-state index contributed by atoms with van der Waals surface area (Å²) in [5.41, 5.74) is 8.40. The minimum atomic E-state index is -1.78. The maximum atomic E-state index is 12.6. The number of carbonyl (C=O) groups excluding carboxylic acids is 2. The molecule has 0 radical (unpaired) electrons. The number of aliphatic hydroxyl groups is 7. The Bertz CT molecular complexity index is 969. The molecule has 43 heavy (non-hydrogen) atoms. The van der Waals surface area contributed by atoms with Crippen molar-refractivity contribution in [3.8, 4) is 0 Å². The molecule has 246 valence electrons. The van der Waals surface area contributed by atoms with Gasteiger partial charge in [-0.15, -0.1) is 0 Å². The lowest BCUT2D eigenvalue weighted by atomic mass is 9.76. The smallest absolute Gasteiger partial charge is 0.309 e. The number of methoxy groups -OCH3 is 2. The lowest BCUT2D eigenvalue weighted by Gasteiger charge is -2.45. The molecule has 6 unspecified atom stereocenters. The average Bonchev–Trinajstić information content (AvgIpc) is 3.01. The Morgan fingerprint density at radius 1 is 0.791 bits per heavy atom. The lowest BCUT2D eigenvalue weighted by Crippen LogP contribution is -2.61. The van der Waals surface area contributed by atoms with Crippen molar-refractivity contribution in [1.29, 1.82) is 0 Å². The van der Waals surface area contributed by atoms with Crippen LogP contribution in [0, 0.1) is 11.8 Å². The molecule has 0 aromatic rings. The normalized spacial score (nSPS) is 41.6. The van der Waals surface area contributed by atoms with Crippen molar-refractivity contribution in [2.45, 2.75) is 86.5 Å². The van der Waals surface area contributed by atoms with Gasteiger partial charge < -0.3 is 68.9 Å². The summed E-state index contributed by atoms with van der Waals surface area (Å²) in [6.07, 6.45) is -18.5. The molecule has 19 nitrogen and oxygen atoms in total. The molecular formula is C24H39N3O16. The molecule has 2 aliphatic heterocycles. The Labute approximate surface area is 245 Å². The summed E-state index contributed by atoms with van der Waals surface area (Å²) in [6.45, 7) is -1.45. The van der Waals surface area contributed by atoms with Crippen molar-refractivity contribution in [3.05, 3.63) is 10.4 Å². The van der Waals surface area contributed by atoms with Crippen molar-refractivity contribution < 1.29 is 78.5 Å². The Morgan fingerprint density at radius 2 is 1.33 bits per heavy atom. The van der Waals surface area contributed by atoms with E-state index in [4.69, 9.17) is 38.7 Å². The fraction of sp³-hybridized carbons (Fsp3) is 0.917. The highest BCUT2D eigenvalue weighted by molar-refractivity contribution is 5.82. The summed E-state index contributed by atoms with van der Waals surface area (Å²) >= 11 is 0.